The molecule has 0 bridgehead atoms. The average molecular weight is 634 g/mol. The molecule has 4 rings (SSSR count). The summed E-state index contributed by atoms with van der Waals surface area (Å²) in [5.41, 5.74) is 0.741. The molecule has 0 radical (unpaired) electrons. The minimum absolute atomic E-state index is 0.0257. The molecule has 1 aromatic carbocycles. The molecule has 3 heterocycles. The molecule has 2 aliphatic heterocycles. The fourth-order valence-electron chi connectivity index (χ4n) is 4.98. The number of non-ortho nitro benzene ring substituents is 1. The normalized spacial score (nSPS) is 22.0. The SMILES string of the molecule is C[C@@H](O)[C@H]1C(=O)N2C(C(=O)OCc3ccc([N+](=O)[O-])cc3)=C(SC(CO[Si](C)(C)C(C)(C)C)Cc3nccs3)[C@H](C)[C@H]12. The number of ether oxygens (including phenoxy) is 1. The molecule has 1 fully saturated rings. The van der Waals surface area contributed by atoms with Gasteiger partial charge in [0.1, 0.15) is 12.3 Å². The number of nitro groups is 1. The van der Waals surface area contributed by atoms with Gasteiger partial charge in [-0.3, -0.25) is 14.9 Å². The van der Waals surface area contributed by atoms with Gasteiger partial charge >= 0.3 is 5.97 Å². The van der Waals surface area contributed by atoms with E-state index in [0.717, 1.165) is 9.91 Å². The summed E-state index contributed by atoms with van der Waals surface area (Å²) < 4.78 is 12.3. The lowest BCUT2D eigenvalue weighted by atomic mass is 9.79. The van der Waals surface area contributed by atoms with Crippen LogP contribution in [0, 0.1) is 22.0 Å². The summed E-state index contributed by atoms with van der Waals surface area (Å²) in [6.07, 6.45) is 1.56. The number of fused-ring (bicyclic) bond motifs is 1. The Kier molecular flexibility index (Phi) is 9.68. The Morgan fingerprint density at radius 2 is 1.95 bits per heavy atom. The van der Waals surface area contributed by atoms with Gasteiger partial charge in [0.25, 0.3) is 5.69 Å². The number of esters is 1. The second-order valence-electron chi connectivity index (χ2n) is 12.4. The summed E-state index contributed by atoms with van der Waals surface area (Å²) in [6, 6.07) is 5.44. The van der Waals surface area contributed by atoms with Crippen LogP contribution in [0.4, 0.5) is 5.69 Å². The number of thiazole rings is 1. The van der Waals surface area contributed by atoms with Crippen LogP contribution in [0.1, 0.15) is 45.2 Å². The molecule has 10 nitrogen and oxygen atoms in total. The summed E-state index contributed by atoms with van der Waals surface area (Å²) in [5.74, 6) is -1.73. The van der Waals surface area contributed by atoms with Crippen LogP contribution in [0.2, 0.25) is 18.1 Å². The molecule has 0 spiro atoms. The number of nitro benzene ring substituents is 1. The van der Waals surface area contributed by atoms with E-state index in [-0.39, 0.29) is 46.1 Å². The fourth-order valence-corrected chi connectivity index (χ4v) is 8.34. The number of amides is 1. The van der Waals surface area contributed by atoms with Crippen molar-refractivity contribution < 1.29 is 28.8 Å². The van der Waals surface area contributed by atoms with Gasteiger partial charge in [0, 0.05) is 52.8 Å². The van der Waals surface area contributed by atoms with Gasteiger partial charge in [-0.25, -0.2) is 9.78 Å². The van der Waals surface area contributed by atoms with E-state index in [2.05, 4.69) is 38.8 Å². The maximum Gasteiger partial charge on any atom is 0.356 e. The molecule has 5 atom stereocenters. The first-order valence-corrected chi connectivity index (χ1v) is 18.6. The Labute approximate surface area is 255 Å². The van der Waals surface area contributed by atoms with Gasteiger partial charge in [0.2, 0.25) is 5.91 Å². The lowest BCUT2D eigenvalue weighted by Gasteiger charge is -2.46. The number of β-lactam (4-membered cyclic amide) rings is 1. The van der Waals surface area contributed by atoms with Crippen LogP contribution in [-0.2, 0) is 31.8 Å². The van der Waals surface area contributed by atoms with Crippen molar-refractivity contribution in [2.75, 3.05) is 6.61 Å². The highest BCUT2D eigenvalue weighted by atomic mass is 32.2. The zero-order valence-corrected chi connectivity index (χ0v) is 27.7. The lowest BCUT2D eigenvalue weighted by molar-refractivity contribution is -0.384. The molecule has 13 heteroatoms. The summed E-state index contributed by atoms with van der Waals surface area (Å²) in [5, 5.41) is 24.2. The topological polar surface area (TPSA) is 132 Å². The zero-order chi connectivity index (χ0) is 31.0. The van der Waals surface area contributed by atoms with Crippen molar-refractivity contribution in [1.82, 2.24) is 9.88 Å². The number of hydrogen-bond donors (Lipinski definition) is 1. The molecule has 1 N–H and O–H groups in total. The Morgan fingerprint density at radius 1 is 1.29 bits per heavy atom. The van der Waals surface area contributed by atoms with Crippen LogP contribution in [-0.4, -0.2) is 64.1 Å². The predicted molar refractivity (Wildman–Crippen MR) is 165 cm³/mol. The van der Waals surface area contributed by atoms with Crippen molar-refractivity contribution in [1.29, 1.82) is 0 Å². The van der Waals surface area contributed by atoms with Gasteiger partial charge in [0.15, 0.2) is 8.32 Å². The number of aliphatic hydroxyl groups excluding tert-OH is 1. The summed E-state index contributed by atoms with van der Waals surface area (Å²) in [4.78, 5) is 44.0. The molecule has 2 aromatic rings. The van der Waals surface area contributed by atoms with Crippen molar-refractivity contribution in [2.45, 2.75) is 83.2 Å². The van der Waals surface area contributed by atoms with Gasteiger partial charge in [-0.2, -0.15) is 0 Å². The maximum absolute atomic E-state index is 13.6. The minimum Gasteiger partial charge on any atom is -0.456 e. The highest BCUT2D eigenvalue weighted by Gasteiger charge is 2.60. The number of thioether (sulfide) groups is 1. The average Bonchev–Trinajstić information content (AvgIpc) is 3.50. The van der Waals surface area contributed by atoms with E-state index in [1.165, 1.54) is 40.9 Å². The first-order valence-electron chi connectivity index (χ1n) is 14.0. The Bertz CT molecular complexity index is 1340. The Balaban J connectivity index is 1.62. The van der Waals surface area contributed by atoms with Crippen molar-refractivity contribution in [3.63, 3.8) is 0 Å². The third kappa shape index (κ3) is 6.64. The van der Waals surface area contributed by atoms with Gasteiger partial charge in [-0.05, 0) is 42.8 Å². The molecular formula is C29H39N3O7S2Si. The molecule has 1 amide bonds. The minimum atomic E-state index is -2.07. The number of rotatable bonds is 12. The molecule has 228 valence electrons. The van der Waals surface area contributed by atoms with E-state index in [4.69, 9.17) is 9.16 Å². The van der Waals surface area contributed by atoms with Crippen LogP contribution in [0.25, 0.3) is 0 Å². The highest BCUT2D eigenvalue weighted by molar-refractivity contribution is 8.03. The van der Waals surface area contributed by atoms with Crippen molar-refractivity contribution in [3.8, 4) is 0 Å². The Hall–Kier alpha value is -2.58. The molecule has 0 saturated carbocycles. The van der Waals surface area contributed by atoms with E-state index in [1.54, 1.807) is 24.5 Å². The number of carbonyl (C=O) groups is 2. The molecule has 1 saturated heterocycles. The summed E-state index contributed by atoms with van der Waals surface area (Å²) in [6.45, 7) is 14.9. The van der Waals surface area contributed by atoms with Crippen molar-refractivity contribution >= 4 is 49.0 Å². The standard InChI is InChI=1S/C29H39N3O7S2Si/c1-17-24-23(18(2)33)27(34)31(24)25(28(35)38-15-19-8-10-20(11-9-19)32(36)37)26(17)41-21(14-22-30-12-13-40-22)16-39-42(6,7)29(3,4)5/h8-13,17-18,21,23-24,33H,14-16H2,1-7H3/t17-,18-,21?,23-,24-/m1/s1. The molecule has 2 aliphatic rings. The number of benzene rings is 1. The van der Waals surface area contributed by atoms with Gasteiger partial charge < -0.3 is 19.2 Å². The van der Waals surface area contributed by atoms with Gasteiger partial charge in [-0.1, -0.05) is 27.7 Å². The second-order valence-corrected chi connectivity index (χ2v) is 19.5. The van der Waals surface area contributed by atoms with E-state index < -0.39 is 31.2 Å². The first-order chi connectivity index (χ1) is 19.6. The van der Waals surface area contributed by atoms with E-state index >= 15 is 0 Å². The molecule has 42 heavy (non-hydrogen) atoms. The van der Waals surface area contributed by atoms with Gasteiger partial charge in [-0.15, -0.1) is 23.1 Å². The summed E-state index contributed by atoms with van der Waals surface area (Å²) >= 11 is 3.10. The number of aromatic nitrogens is 1. The number of nitrogens with zero attached hydrogens (tertiary/aromatic N) is 3. The number of carbonyl (C=O) groups excluding carboxylic acids is 2. The first kappa shape index (κ1) is 32.3. The molecule has 1 aromatic heterocycles. The maximum atomic E-state index is 13.6. The lowest BCUT2D eigenvalue weighted by Crippen LogP contribution is -2.63. The smallest absolute Gasteiger partial charge is 0.356 e. The molecule has 0 aliphatic carbocycles. The monoisotopic (exact) mass is 633 g/mol. The van der Waals surface area contributed by atoms with Crippen LogP contribution in [0.5, 0.6) is 0 Å². The fraction of sp³-hybridized carbons (Fsp3) is 0.552. The van der Waals surface area contributed by atoms with E-state index in [9.17, 15) is 24.8 Å². The largest absolute Gasteiger partial charge is 0.456 e. The number of hydrogen-bond acceptors (Lipinski definition) is 10. The molecular weight excluding hydrogens is 595 g/mol. The number of aliphatic hydroxyl groups is 1. The Morgan fingerprint density at radius 3 is 2.50 bits per heavy atom. The van der Waals surface area contributed by atoms with Crippen LogP contribution in [0.3, 0.4) is 0 Å². The third-order valence-corrected chi connectivity index (χ3v) is 15.2. The highest BCUT2D eigenvalue weighted by Crippen LogP contribution is 2.52. The van der Waals surface area contributed by atoms with Crippen molar-refractivity contribution in [2.24, 2.45) is 11.8 Å². The van der Waals surface area contributed by atoms with Gasteiger partial charge in [0.05, 0.1) is 28.0 Å². The van der Waals surface area contributed by atoms with Crippen LogP contribution in [0.15, 0.2) is 46.4 Å². The van der Waals surface area contributed by atoms with Crippen LogP contribution >= 0.6 is 23.1 Å². The quantitative estimate of drug-likeness (QED) is 0.105. The molecule has 1 unspecified atom stereocenters. The van der Waals surface area contributed by atoms with Crippen molar-refractivity contribution in [3.05, 3.63) is 67.1 Å². The summed E-state index contributed by atoms with van der Waals surface area (Å²) in [7, 11) is -2.07. The predicted octanol–water partition coefficient (Wildman–Crippen LogP) is 5.53. The zero-order valence-electron chi connectivity index (χ0n) is 25.0. The van der Waals surface area contributed by atoms with E-state index in [0.29, 0.717) is 18.6 Å². The van der Waals surface area contributed by atoms with E-state index in [1.807, 2.05) is 12.3 Å². The second kappa shape index (κ2) is 12.6. The third-order valence-electron chi connectivity index (χ3n) is 8.43. The van der Waals surface area contributed by atoms with Crippen LogP contribution < -0.4 is 0 Å².